The highest BCUT2D eigenvalue weighted by Crippen LogP contribution is 2.51. The molecular weight excluding hydrogens is 254 g/mol. The summed E-state index contributed by atoms with van der Waals surface area (Å²) < 4.78 is 20.5. The Morgan fingerprint density at radius 1 is 1.11 bits per heavy atom. The van der Waals surface area contributed by atoms with Gasteiger partial charge in [-0.15, -0.1) is 0 Å². The van der Waals surface area contributed by atoms with Crippen LogP contribution < -0.4 is 14.2 Å². The van der Waals surface area contributed by atoms with E-state index < -0.39 is 5.97 Å². The second-order valence-electron chi connectivity index (χ2n) is 3.58. The monoisotopic (exact) mass is 265 g/mol. The second-order valence-corrected chi connectivity index (χ2v) is 3.58. The molecule has 0 saturated carbocycles. The Labute approximate surface area is 108 Å². The molecule has 7 nitrogen and oxygen atoms in total. The number of fused-ring (bicyclic) bond motifs is 1. The number of hydrogen-bond acceptors (Lipinski definition) is 7. The Kier molecular flexibility index (Phi) is 3.39. The minimum atomic E-state index is -0.594. The summed E-state index contributed by atoms with van der Waals surface area (Å²) in [7, 11) is 4.22. The van der Waals surface area contributed by atoms with E-state index >= 15 is 0 Å². The molecule has 1 aliphatic rings. The fourth-order valence-corrected chi connectivity index (χ4v) is 2.03. The molecule has 1 aromatic rings. The van der Waals surface area contributed by atoms with Crippen LogP contribution in [0.4, 0.5) is 5.69 Å². The smallest absolute Gasteiger partial charge is 0.341 e. The molecule has 2 rings (SSSR count). The van der Waals surface area contributed by atoms with Gasteiger partial charge in [-0.3, -0.25) is 0 Å². The summed E-state index contributed by atoms with van der Waals surface area (Å²) in [6, 6.07) is 0. The minimum Gasteiger partial charge on any atom is -0.492 e. The van der Waals surface area contributed by atoms with Crippen LogP contribution in [0.2, 0.25) is 0 Å². The Morgan fingerprint density at radius 3 is 2.26 bits per heavy atom. The lowest BCUT2D eigenvalue weighted by Crippen LogP contribution is -2.02. The molecule has 7 heteroatoms. The first-order chi connectivity index (χ1) is 9.19. The molecule has 1 aromatic carbocycles. The number of nitrogens with zero attached hydrogens (tertiary/aromatic N) is 1. The SMILES string of the molecule is COc1c2c(c(N=C=O)c(OC)c1OC)C(=O)OC2. The number of benzene rings is 1. The van der Waals surface area contributed by atoms with Crippen LogP contribution in [-0.2, 0) is 16.1 Å². The van der Waals surface area contributed by atoms with Gasteiger partial charge in [-0.05, 0) is 0 Å². The summed E-state index contributed by atoms with van der Waals surface area (Å²) in [6.45, 7) is 0.0269. The number of carbonyl (C=O) groups excluding carboxylic acids is 2. The van der Waals surface area contributed by atoms with E-state index in [4.69, 9.17) is 18.9 Å². The van der Waals surface area contributed by atoms with E-state index in [2.05, 4.69) is 4.99 Å². The van der Waals surface area contributed by atoms with Gasteiger partial charge in [0.1, 0.15) is 17.9 Å². The molecule has 0 aromatic heterocycles. The highest BCUT2D eigenvalue weighted by atomic mass is 16.5. The molecule has 100 valence electrons. The van der Waals surface area contributed by atoms with E-state index in [1.807, 2.05) is 0 Å². The van der Waals surface area contributed by atoms with E-state index in [0.717, 1.165) is 0 Å². The molecule has 0 saturated heterocycles. The standard InChI is InChI=1S/C12H11NO6/c1-16-9-6-4-19-12(15)7(6)8(13-5-14)10(17-2)11(9)18-3/h4H2,1-3H3. The van der Waals surface area contributed by atoms with Crippen molar-refractivity contribution in [2.45, 2.75) is 6.61 Å². The summed E-state index contributed by atoms with van der Waals surface area (Å²) in [5.74, 6) is 0.102. The normalized spacial score (nSPS) is 12.3. The zero-order chi connectivity index (χ0) is 14.0. The third-order valence-electron chi connectivity index (χ3n) is 2.76. The summed E-state index contributed by atoms with van der Waals surface area (Å²) in [6.07, 6.45) is 1.39. The number of carbonyl (C=O) groups is 1. The van der Waals surface area contributed by atoms with Crippen molar-refractivity contribution in [3.05, 3.63) is 11.1 Å². The predicted octanol–water partition coefficient (Wildman–Crippen LogP) is 1.35. The number of methoxy groups -OCH3 is 3. The summed E-state index contributed by atoms with van der Waals surface area (Å²) >= 11 is 0. The average molecular weight is 265 g/mol. The summed E-state index contributed by atoms with van der Waals surface area (Å²) in [5, 5.41) is 0. The van der Waals surface area contributed by atoms with Crippen molar-refractivity contribution < 1.29 is 28.5 Å². The predicted molar refractivity (Wildman–Crippen MR) is 63.0 cm³/mol. The van der Waals surface area contributed by atoms with Gasteiger partial charge < -0.3 is 18.9 Å². The van der Waals surface area contributed by atoms with E-state index in [0.29, 0.717) is 11.3 Å². The van der Waals surface area contributed by atoms with Gasteiger partial charge in [0.15, 0.2) is 11.5 Å². The molecule has 0 aliphatic carbocycles. The Balaban J connectivity index is 2.90. The quantitative estimate of drug-likeness (QED) is 0.464. The second kappa shape index (κ2) is 4.99. The first kappa shape index (κ1) is 12.9. The van der Waals surface area contributed by atoms with Gasteiger partial charge in [0, 0.05) is 0 Å². The van der Waals surface area contributed by atoms with E-state index in [9.17, 15) is 9.59 Å². The van der Waals surface area contributed by atoms with Gasteiger partial charge in [0.2, 0.25) is 11.8 Å². The highest BCUT2D eigenvalue weighted by molar-refractivity contribution is 6.02. The largest absolute Gasteiger partial charge is 0.492 e. The van der Waals surface area contributed by atoms with Gasteiger partial charge in [-0.25, -0.2) is 9.59 Å². The van der Waals surface area contributed by atoms with Gasteiger partial charge in [-0.2, -0.15) is 4.99 Å². The lowest BCUT2D eigenvalue weighted by Gasteiger charge is -2.16. The van der Waals surface area contributed by atoms with Crippen molar-refractivity contribution in [1.29, 1.82) is 0 Å². The lowest BCUT2D eigenvalue weighted by molar-refractivity contribution is 0.0534. The summed E-state index contributed by atoms with van der Waals surface area (Å²) in [4.78, 5) is 25.8. The maximum Gasteiger partial charge on any atom is 0.341 e. The maximum atomic E-state index is 11.7. The van der Waals surface area contributed by atoms with E-state index in [-0.39, 0.29) is 29.4 Å². The Bertz CT molecular complexity index is 589. The number of rotatable bonds is 4. The van der Waals surface area contributed by atoms with Crippen molar-refractivity contribution in [3.63, 3.8) is 0 Å². The van der Waals surface area contributed by atoms with E-state index in [1.165, 1.54) is 27.4 Å². The molecule has 0 spiro atoms. The van der Waals surface area contributed by atoms with Crippen molar-refractivity contribution in [1.82, 2.24) is 0 Å². The van der Waals surface area contributed by atoms with Gasteiger partial charge in [0.05, 0.1) is 26.9 Å². The number of isocyanates is 1. The number of hydrogen-bond donors (Lipinski definition) is 0. The molecule has 0 fully saturated rings. The topological polar surface area (TPSA) is 83.4 Å². The molecule has 0 amide bonds. The lowest BCUT2D eigenvalue weighted by atomic mass is 10.0. The first-order valence-corrected chi connectivity index (χ1v) is 5.29. The van der Waals surface area contributed by atoms with Crippen LogP contribution in [0.5, 0.6) is 17.2 Å². The highest BCUT2D eigenvalue weighted by Gasteiger charge is 2.35. The van der Waals surface area contributed by atoms with Crippen molar-refractivity contribution in [2.24, 2.45) is 4.99 Å². The van der Waals surface area contributed by atoms with Crippen LogP contribution in [0.25, 0.3) is 0 Å². The fourth-order valence-electron chi connectivity index (χ4n) is 2.03. The molecule has 0 bridgehead atoms. The molecule has 0 N–H and O–H groups in total. The first-order valence-electron chi connectivity index (χ1n) is 5.29. The Hall–Kier alpha value is -2.53. The van der Waals surface area contributed by atoms with Crippen molar-refractivity contribution >= 4 is 17.7 Å². The van der Waals surface area contributed by atoms with Crippen LogP contribution >= 0.6 is 0 Å². The molecule has 1 aliphatic heterocycles. The maximum absolute atomic E-state index is 11.7. The van der Waals surface area contributed by atoms with Crippen LogP contribution in [-0.4, -0.2) is 33.4 Å². The third kappa shape index (κ3) is 1.80. The van der Waals surface area contributed by atoms with Gasteiger partial charge in [-0.1, -0.05) is 0 Å². The third-order valence-corrected chi connectivity index (χ3v) is 2.76. The fraction of sp³-hybridized carbons (Fsp3) is 0.333. The minimum absolute atomic E-state index is 0.0269. The van der Waals surface area contributed by atoms with Crippen molar-refractivity contribution in [2.75, 3.05) is 21.3 Å². The molecular formula is C12H11NO6. The van der Waals surface area contributed by atoms with Crippen molar-refractivity contribution in [3.8, 4) is 17.2 Å². The van der Waals surface area contributed by atoms with Crippen LogP contribution in [0.3, 0.4) is 0 Å². The summed E-state index contributed by atoms with van der Waals surface area (Å²) in [5.41, 5.74) is 0.643. The number of esters is 1. The average Bonchev–Trinajstić information content (AvgIpc) is 2.80. The molecule has 0 atom stereocenters. The Morgan fingerprint density at radius 2 is 1.74 bits per heavy atom. The van der Waals surface area contributed by atoms with Crippen LogP contribution in [0, 0.1) is 0 Å². The van der Waals surface area contributed by atoms with E-state index in [1.54, 1.807) is 0 Å². The van der Waals surface area contributed by atoms with Crippen LogP contribution in [0.1, 0.15) is 15.9 Å². The number of cyclic esters (lactones) is 1. The zero-order valence-corrected chi connectivity index (χ0v) is 10.6. The van der Waals surface area contributed by atoms with Crippen LogP contribution in [0.15, 0.2) is 4.99 Å². The number of ether oxygens (including phenoxy) is 4. The van der Waals surface area contributed by atoms with Gasteiger partial charge in [0.25, 0.3) is 0 Å². The molecule has 19 heavy (non-hydrogen) atoms. The molecule has 0 unspecified atom stereocenters. The molecule has 1 heterocycles. The molecule has 0 radical (unpaired) electrons. The zero-order valence-electron chi connectivity index (χ0n) is 10.6. The number of aliphatic imine (C=N–C) groups is 1. The van der Waals surface area contributed by atoms with Gasteiger partial charge >= 0.3 is 5.97 Å².